The predicted octanol–water partition coefficient (Wildman–Crippen LogP) is 12.3. The number of aliphatic hydroxyl groups is 11. The van der Waals surface area contributed by atoms with E-state index < -0.39 is 124 Å². The van der Waals surface area contributed by atoms with Crippen molar-refractivity contribution < 1.29 is 89.4 Å². The van der Waals surface area contributed by atoms with Gasteiger partial charge in [-0.1, -0.05) is 301 Å². The Labute approximate surface area is 581 Å². The van der Waals surface area contributed by atoms with E-state index in [1.807, 2.05) is 6.08 Å². The van der Waals surface area contributed by atoms with Crippen molar-refractivity contribution in [1.29, 1.82) is 0 Å². The Hall–Kier alpha value is -1.99. The molecule has 0 aliphatic carbocycles. The van der Waals surface area contributed by atoms with Crippen molar-refractivity contribution in [1.82, 2.24) is 5.32 Å². The SMILES string of the molecule is CCCCCCCCCCCCCCCCCCCCCCCC/C=C/CC/C=C/CC/C=C/C(O)C(COC1OC(CO)C(OC2OC(CO)C(OC3OC(CO)C(O)C(O)C3O)C(O)C2O)C(O)C1O)NC(=O)CCCCCCCCCCCCCCCCCCCCC. The number of ether oxygens (including phenoxy) is 6. The lowest BCUT2D eigenvalue weighted by Gasteiger charge is -2.48. The van der Waals surface area contributed by atoms with E-state index in [2.05, 4.69) is 43.5 Å². The maximum Gasteiger partial charge on any atom is 0.220 e. The van der Waals surface area contributed by atoms with Crippen molar-refractivity contribution >= 4 is 5.91 Å². The van der Waals surface area contributed by atoms with Crippen LogP contribution in [0, 0.1) is 0 Å². The second-order valence-electron chi connectivity index (χ2n) is 28.2. The summed E-state index contributed by atoms with van der Waals surface area (Å²) in [5.41, 5.74) is 0. The van der Waals surface area contributed by atoms with Crippen LogP contribution in [0.15, 0.2) is 36.5 Å². The van der Waals surface area contributed by atoms with Gasteiger partial charge in [0.1, 0.15) is 73.2 Å². The van der Waals surface area contributed by atoms with Crippen molar-refractivity contribution in [3.8, 4) is 0 Å². The monoisotopic (exact) mass is 1370 g/mol. The van der Waals surface area contributed by atoms with Crippen LogP contribution in [0.3, 0.4) is 0 Å². The third-order valence-corrected chi connectivity index (χ3v) is 19.7. The molecule has 0 saturated carbocycles. The number of hydrogen-bond donors (Lipinski definition) is 12. The van der Waals surface area contributed by atoms with Crippen molar-refractivity contribution in [3.05, 3.63) is 36.5 Å². The molecule has 3 saturated heterocycles. The molecule has 564 valence electrons. The average molecular weight is 1370 g/mol. The average Bonchev–Trinajstić information content (AvgIpc) is 0.786. The zero-order valence-electron chi connectivity index (χ0n) is 60.1. The summed E-state index contributed by atoms with van der Waals surface area (Å²) >= 11 is 0. The molecule has 17 atom stereocenters. The minimum absolute atomic E-state index is 0.236. The molecule has 1 amide bonds. The van der Waals surface area contributed by atoms with Crippen LogP contribution in [-0.2, 0) is 33.2 Å². The van der Waals surface area contributed by atoms with Gasteiger partial charge in [0.25, 0.3) is 0 Å². The fourth-order valence-corrected chi connectivity index (χ4v) is 13.3. The zero-order valence-corrected chi connectivity index (χ0v) is 60.1. The Morgan fingerprint density at radius 3 is 1.04 bits per heavy atom. The molecule has 3 heterocycles. The van der Waals surface area contributed by atoms with Crippen LogP contribution < -0.4 is 5.32 Å². The summed E-state index contributed by atoms with van der Waals surface area (Å²) in [5.74, 6) is -0.284. The fraction of sp³-hybridized carbons (Fsp3) is 0.909. The number of carbonyl (C=O) groups is 1. The van der Waals surface area contributed by atoms with Gasteiger partial charge < -0.3 is 89.9 Å². The highest BCUT2D eigenvalue weighted by Crippen LogP contribution is 2.33. The minimum atomic E-state index is -1.98. The van der Waals surface area contributed by atoms with Crippen molar-refractivity contribution in [3.63, 3.8) is 0 Å². The van der Waals surface area contributed by atoms with Gasteiger partial charge in [0, 0.05) is 6.42 Å². The third-order valence-electron chi connectivity index (χ3n) is 19.7. The molecular weight excluding hydrogens is 1230 g/mol. The number of hydrogen-bond acceptors (Lipinski definition) is 18. The van der Waals surface area contributed by atoms with E-state index in [4.69, 9.17) is 28.4 Å². The number of rotatable bonds is 62. The highest BCUT2D eigenvalue weighted by Gasteiger charge is 2.53. The maximum absolute atomic E-state index is 13.4. The van der Waals surface area contributed by atoms with Crippen molar-refractivity contribution in [2.45, 2.75) is 420 Å². The Kier molecular flexibility index (Phi) is 53.8. The highest BCUT2D eigenvalue weighted by atomic mass is 16.8. The van der Waals surface area contributed by atoms with Crippen LogP contribution >= 0.6 is 0 Å². The molecule has 19 heteroatoms. The molecular formula is C77H143NO18. The van der Waals surface area contributed by atoms with Crippen LogP contribution in [0.5, 0.6) is 0 Å². The smallest absolute Gasteiger partial charge is 0.220 e. The molecule has 0 bridgehead atoms. The molecule has 0 spiro atoms. The van der Waals surface area contributed by atoms with E-state index in [0.717, 1.165) is 44.9 Å². The van der Waals surface area contributed by atoms with Crippen molar-refractivity contribution in [2.75, 3.05) is 26.4 Å². The molecule has 3 aliphatic heterocycles. The molecule has 19 nitrogen and oxygen atoms in total. The first-order valence-electron chi connectivity index (χ1n) is 39.2. The Morgan fingerprint density at radius 1 is 0.365 bits per heavy atom. The van der Waals surface area contributed by atoms with Gasteiger partial charge in [0.15, 0.2) is 18.9 Å². The number of carbonyl (C=O) groups excluding carboxylic acids is 1. The van der Waals surface area contributed by atoms with Gasteiger partial charge in [0.2, 0.25) is 5.91 Å². The fourth-order valence-electron chi connectivity index (χ4n) is 13.3. The normalized spacial score (nSPS) is 27.2. The molecule has 3 aliphatic rings. The lowest BCUT2D eigenvalue weighted by atomic mass is 9.96. The molecule has 0 aromatic rings. The number of unbranched alkanes of at least 4 members (excludes halogenated alkanes) is 42. The molecule has 17 unspecified atom stereocenters. The third kappa shape index (κ3) is 38.9. The summed E-state index contributed by atoms with van der Waals surface area (Å²) in [6.07, 6.45) is 44.3. The molecule has 3 fully saturated rings. The largest absolute Gasteiger partial charge is 0.394 e. The van der Waals surface area contributed by atoms with Gasteiger partial charge >= 0.3 is 0 Å². The summed E-state index contributed by atoms with van der Waals surface area (Å²) in [6, 6.07) is -0.995. The number of aliphatic hydroxyl groups excluding tert-OH is 11. The van der Waals surface area contributed by atoms with Crippen LogP contribution in [0.2, 0.25) is 0 Å². The van der Waals surface area contributed by atoms with E-state index in [9.17, 15) is 61.0 Å². The Bertz CT molecular complexity index is 1880. The molecule has 0 radical (unpaired) electrons. The maximum atomic E-state index is 13.4. The Morgan fingerprint density at radius 2 is 0.667 bits per heavy atom. The second kappa shape index (κ2) is 58.5. The van der Waals surface area contributed by atoms with Gasteiger partial charge in [-0.05, 0) is 44.9 Å². The minimum Gasteiger partial charge on any atom is -0.394 e. The summed E-state index contributed by atoms with van der Waals surface area (Å²) in [7, 11) is 0. The lowest BCUT2D eigenvalue weighted by Crippen LogP contribution is -2.66. The molecule has 0 aromatic carbocycles. The van der Waals surface area contributed by atoms with E-state index >= 15 is 0 Å². The molecule has 96 heavy (non-hydrogen) atoms. The second-order valence-corrected chi connectivity index (χ2v) is 28.2. The standard InChI is InChI=1S/C77H143NO18/c1-3-5-7-9-11-13-15-17-19-21-23-24-25-26-27-28-29-30-31-32-33-34-35-37-38-40-42-44-46-48-50-52-54-61(82)60(78-65(83)55-53-51-49-47-45-43-41-39-36-22-20-18-16-14-12-10-8-6-4-2)59-91-75-71(89)68(86)73(63(57-80)93-75)96-77-72(90)69(87)74(64(58-81)94-77)95-76-70(88)67(85)66(84)62(56-79)92-76/h37-38,44,46,52,54,60-64,66-77,79-82,84-90H,3-36,39-43,45,47-51,53,55-59H2,1-2H3,(H,78,83)/b38-37+,46-44+,54-52+. The van der Waals surface area contributed by atoms with Gasteiger partial charge in [-0.25, -0.2) is 0 Å². The van der Waals surface area contributed by atoms with E-state index in [1.165, 1.54) is 238 Å². The summed E-state index contributed by atoms with van der Waals surface area (Å²) < 4.78 is 34.4. The first-order valence-corrected chi connectivity index (χ1v) is 39.2. The predicted molar refractivity (Wildman–Crippen MR) is 379 cm³/mol. The topological polar surface area (TPSA) is 307 Å². The quantitative estimate of drug-likeness (QED) is 0.0199. The zero-order chi connectivity index (χ0) is 69.6. The van der Waals surface area contributed by atoms with Crippen LogP contribution in [0.4, 0.5) is 0 Å². The summed E-state index contributed by atoms with van der Waals surface area (Å²) in [6.45, 7) is 1.75. The number of amides is 1. The molecule has 0 aromatic heterocycles. The number of nitrogens with one attached hydrogen (secondary N) is 1. The summed E-state index contributed by atoms with van der Waals surface area (Å²) in [5, 5.41) is 121. The van der Waals surface area contributed by atoms with Gasteiger partial charge in [-0.2, -0.15) is 0 Å². The number of allylic oxidation sites excluding steroid dienone is 5. The molecule has 3 rings (SSSR count). The van der Waals surface area contributed by atoms with Gasteiger partial charge in [-0.15, -0.1) is 0 Å². The molecule has 12 N–H and O–H groups in total. The first-order chi connectivity index (χ1) is 46.8. The van der Waals surface area contributed by atoms with Crippen LogP contribution in [0.25, 0.3) is 0 Å². The van der Waals surface area contributed by atoms with E-state index in [0.29, 0.717) is 12.8 Å². The highest BCUT2D eigenvalue weighted by molar-refractivity contribution is 5.76. The van der Waals surface area contributed by atoms with Crippen molar-refractivity contribution in [2.24, 2.45) is 0 Å². The van der Waals surface area contributed by atoms with Gasteiger partial charge in [-0.3, -0.25) is 4.79 Å². The van der Waals surface area contributed by atoms with Crippen LogP contribution in [0.1, 0.15) is 316 Å². The lowest BCUT2D eigenvalue weighted by molar-refractivity contribution is -0.379. The Balaban J connectivity index is 1.39. The van der Waals surface area contributed by atoms with E-state index in [1.54, 1.807) is 6.08 Å². The first kappa shape index (κ1) is 88.2. The van der Waals surface area contributed by atoms with Crippen LogP contribution in [-0.4, -0.2) is 193 Å². The summed E-state index contributed by atoms with van der Waals surface area (Å²) in [4.78, 5) is 13.4. The van der Waals surface area contributed by atoms with E-state index in [-0.39, 0.29) is 18.9 Å². The van der Waals surface area contributed by atoms with Gasteiger partial charge in [0.05, 0.1) is 38.6 Å².